The Bertz CT molecular complexity index is 542. The normalized spacial score (nSPS) is 13.0. The Morgan fingerprint density at radius 1 is 0.469 bits per heavy atom. The summed E-state index contributed by atoms with van der Waals surface area (Å²) in [6.45, 7) is 9.92. The summed E-state index contributed by atoms with van der Waals surface area (Å²) in [5.74, 6) is -0.438. The van der Waals surface area contributed by atoms with Crippen molar-refractivity contribution in [2.45, 2.75) is 98.8 Å². The summed E-state index contributed by atoms with van der Waals surface area (Å²) in [5, 5.41) is 0. The molecule has 0 unspecified atom stereocenters. The van der Waals surface area contributed by atoms with E-state index in [2.05, 4.69) is 6.92 Å². The van der Waals surface area contributed by atoms with Crippen LogP contribution in [0, 0.1) is 0 Å². The van der Waals surface area contributed by atoms with Crippen LogP contribution < -0.4 is 0 Å². The molecule has 0 saturated carbocycles. The van der Waals surface area contributed by atoms with Crippen LogP contribution in [0.25, 0.3) is 0 Å². The predicted molar refractivity (Wildman–Crippen MR) is 136 cm³/mol. The summed E-state index contributed by atoms with van der Waals surface area (Å²) in [5.41, 5.74) is 0. The van der Waals surface area contributed by atoms with Gasteiger partial charge in [0.15, 0.2) is 0 Å². The maximum atomic E-state index is 13.9. The second-order valence-corrected chi connectivity index (χ2v) is 16.4. The quantitative estimate of drug-likeness (QED) is 0.0987. The van der Waals surface area contributed by atoms with E-state index in [9.17, 15) is 13.7 Å². The highest BCUT2D eigenvalue weighted by atomic mass is 31.3. The third kappa shape index (κ3) is 15.4. The van der Waals surface area contributed by atoms with Crippen molar-refractivity contribution in [3.05, 3.63) is 0 Å². The van der Waals surface area contributed by atoms with Gasteiger partial charge in [0.25, 0.3) is 0 Å². The molecular formula is C22H49O7P3. The fraction of sp³-hybridized carbons (Fsp3) is 1.00. The summed E-state index contributed by atoms with van der Waals surface area (Å²) in [6.07, 6.45) is 12.0. The van der Waals surface area contributed by atoms with E-state index in [0.29, 0.717) is 6.16 Å². The zero-order valence-electron chi connectivity index (χ0n) is 21.2. The third-order valence-electron chi connectivity index (χ3n) is 5.08. The van der Waals surface area contributed by atoms with Crippen molar-refractivity contribution in [1.29, 1.82) is 0 Å². The van der Waals surface area contributed by atoms with E-state index in [1.165, 1.54) is 44.9 Å². The summed E-state index contributed by atoms with van der Waals surface area (Å²) < 4.78 is 61.7. The maximum Gasteiger partial charge on any atom is 0.337 e. The lowest BCUT2D eigenvalue weighted by Crippen LogP contribution is -2.09. The topological polar surface area (TPSA) is 88.1 Å². The molecule has 0 fully saturated rings. The molecule has 7 nitrogen and oxygen atoms in total. The van der Waals surface area contributed by atoms with E-state index in [1.807, 2.05) is 0 Å². The highest BCUT2D eigenvalue weighted by Crippen LogP contribution is 2.70. The first-order chi connectivity index (χ1) is 15.2. The van der Waals surface area contributed by atoms with Crippen LogP contribution in [0.15, 0.2) is 0 Å². The Morgan fingerprint density at radius 2 is 0.781 bits per heavy atom. The molecule has 0 aliphatic rings. The molecule has 0 N–H and O–H groups in total. The smallest absolute Gasteiger partial charge is 0.322 e. The standard InChI is InChI=1S/C22H49O7P3/c1-6-11-12-13-14-15-16-17-18-19-20-30(23,21-31(24,26-7-2)27-8-3)22-32(25,28-9-4)29-10-5/h6-22H2,1-5H3. The second kappa shape index (κ2) is 18.8. The Morgan fingerprint density at radius 3 is 1.09 bits per heavy atom. The number of hydrogen-bond donors (Lipinski definition) is 0. The minimum atomic E-state index is -3.54. The second-order valence-electron chi connectivity index (χ2n) is 8.14. The monoisotopic (exact) mass is 518 g/mol. The van der Waals surface area contributed by atoms with Crippen LogP contribution in [0.2, 0.25) is 0 Å². The Balaban J connectivity index is 4.98. The summed E-state index contributed by atoms with van der Waals surface area (Å²) in [7, 11) is -10.3. The molecule has 0 heterocycles. The van der Waals surface area contributed by atoms with E-state index in [-0.39, 0.29) is 38.2 Å². The summed E-state index contributed by atoms with van der Waals surface area (Å²) in [4.78, 5) is 0. The lowest BCUT2D eigenvalue weighted by Gasteiger charge is -2.27. The molecule has 0 amide bonds. The number of hydrogen-bond acceptors (Lipinski definition) is 7. The molecule has 0 aliphatic heterocycles. The minimum absolute atomic E-state index is 0.199. The molecule has 0 atom stereocenters. The first-order valence-corrected chi connectivity index (χ1v) is 18.3. The average molecular weight is 519 g/mol. The van der Waals surface area contributed by atoms with E-state index in [0.717, 1.165) is 19.3 Å². The summed E-state index contributed by atoms with van der Waals surface area (Å²) in [6, 6.07) is 0. The molecular weight excluding hydrogens is 469 g/mol. The molecule has 0 aromatic carbocycles. The van der Waals surface area contributed by atoms with Crippen molar-refractivity contribution in [2.75, 3.05) is 44.4 Å². The van der Waals surface area contributed by atoms with Crippen LogP contribution in [0.3, 0.4) is 0 Å². The molecule has 0 spiro atoms. The lowest BCUT2D eigenvalue weighted by molar-refractivity contribution is 0.223. The molecule has 194 valence electrons. The van der Waals surface area contributed by atoms with Crippen molar-refractivity contribution in [3.63, 3.8) is 0 Å². The van der Waals surface area contributed by atoms with Gasteiger partial charge in [-0.15, -0.1) is 0 Å². The molecule has 0 rings (SSSR count). The molecule has 0 radical (unpaired) electrons. The number of unbranched alkanes of at least 4 members (excludes halogenated alkanes) is 9. The third-order valence-corrected chi connectivity index (χ3v) is 15.7. The van der Waals surface area contributed by atoms with Gasteiger partial charge in [0, 0.05) is 6.16 Å². The Labute approximate surface area is 197 Å². The van der Waals surface area contributed by atoms with Crippen molar-refractivity contribution in [3.8, 4) is 0 Å². The van der Waals surface area contributed by atoms with Gasteiger partial charge in [0.05, 0.1) is 26.4 Å². The molecule has 10 heteroatoms. The molecule has 0 aromatic rings. The Hall–Kier alpha value is 0.530. The average Bonchev–Trinajstić information content (AvgIpc) is 2.69. The van der Waals surface area contributed by atoms with Crippen molar-refractivity contribution < 1.29 is 31.8 Å². The van der Waals surface area contributed by atoms with Crippen LogP contribution in [-0.4, -0.2) is 44.4 Å². The van der Waals surface area contributed by atoms with E-state index in [1.54, 1.807) is 27.7 Å². The van der Waals surface area contributed by atoms with Gasteiger partial charge in [-0.05, 0) is 34.1 Å². The lowest BCUT2D eigenvalue weighted by atomic mass is 10.1. The van der Waals surface area contributed by atoms with E-state index < -0.39 is 22.3 Å². The van der Waals surface area contributed by atoms with Gasteiger partial charge < -0.3 is 22.7 Å². The fourth-order valence-electron chi connectivity index (χ4n) is 3.73. The fourth-order valence-corrected chi connectivity index (χ4v) is 14.9. The van der Waals surface area contributed by atoms with Crippen molar-refractivity contribution in [1.82, 2.24) is 0 Å². The van der Waals surface area contributed by atoms with E-state index in [4.69, 9.17) is 18.1 Å². The van der Waals surface area contributed by atoms with Gasteiger partial charge in [-0.3, -0.25) is 9.13 Å². The Kier molecular flexibility index (Phi) is 19.1. The molecule has 0 saturated heterocycles. The van der Waals surface area contributed by atoms with Crippen molar-refractivity contribution in [2.24, 2.45) is 0 Å². The van der Waals surface area contributed by atoms with Gasteiger partial charge in [-0.1, -0.05) is 64.7 Å². The van der Waals surface area contributed by atoms with Crippen LogP contribution >= 0.6 is 22.3 Å². The van der Waals surface area contributed by atoms with Crippen LogP contribution in [0.5, 0.6) is 0 Å². The van der Waals surface area contributed by atoms with Gasteiger partial charge in [-0.25, -0.2) is 0 Å². The van der Waals surface area contributed by atoms with Gasteiger partial charge >= 0.3 is 15.2 Å². The van der Waals surface area contributed by atoms with Gasteiger partial charge in [-0.2, -0.15) is 0 Å². The van der Waals surface area contributed by atoms with Crippen LogP contribution in [-0.2, 0) is 31.8 Å². The van der Waals surface area contributed by atoms with Gasteiger partial charge in [0.1, 0.15) is 18.9 Å². The van der Waals surface area contributed by atoms with Crippen LogP contribution in [0.1, 0.15) is 98.8 Å². The van der Waals surface area contributed by atoms with E-state index >= 15 is 0 Å². The largest absolute Gasteiger partial charge is 0.337 e. The molecule has 0 aromatic heterocycles. The van der Waals surface area contributed by atoms with Crippen LogP contribution in [0.4, 0.5) is 0 Å². The van der Waals surface area contributed by atoms with Gasteiger partial charge in [0.2, 0.25) is 0 Å². The highest BCUT2D eigenvalue weighted by Gasteiger charge is 2.42. The molecule has 0 aliphatic carbocycles. The molecule has 32 heavy (non-hydrogen) atoms. The summed E-state index contributed by atoms with van der Waals surface area (Å²) >= 11 is 0. The molecule has 0 bridgehead atoms. The SMILES string of the molecule is CCCCCCCCCCCCP(=O)(CP(=O)(OCC)OCC)CP(=O)(OCC)OCC. The van der Waals surface area contributed by atoms with Crippen molar-refractivity contribution >= 4 is 22.3 Å². The predicted octanol–water partition coefficient (Wildman–Crippen LogP) is 8.72. The zero-order chi connectivity index (χ0) is 24.3. The first-order valence-electron chi connectivity index (χ1n) is 12.5. The number of rotatable bonds is 23. The minimum Gasteiger partial charge on any atom is -0.322 e. The zero-order valence-corrected chi connectivity index (χ0v) is 23.9. The maximum absolute atomic E-state index is 13.9. The first kappa shape index (κ1) is 32.5. The highest BCUT2D eigenvalue weighted by molar-refractivity contribution is 7.83.